The first-order valence-corrected chi connectivity index (χ1v) is 7.60. The van der Waals surface area contributed by atoms with Gasteiger partial charge < -0.3 is 9.15 Å². The van der Waals surface area contributed by atoms with E-state index in [4.69, 9.17) is 14.4 Å². The minimum atomic E-state index is -0.496. The summed E-state index contributed by atoms with van der Waals surface area (Å²) in [6.07, 6.45) is 4.54. The SMILES string of the molecule is N#Cc1ccc(/C=C/C(=O)OCc2ncc(-c3ccccc3)o2)cc1. The molecule has 0 bridgehead atoms. The van der Waals surface area contributed by atoms with E-state index < -0.39 is 5.97 Å². The summed E-state index contributed by atoms with van der Waals surface area (Å²) >= 11 is 0. The average molecular weight is 330 g/mol. The fourth-order valence-electron chi connectivity index (χ4n) is 2.13. The first kappa shape index (κ1) is 16.2. The van der Waals surface area contributed by atoms with Crippen LogP contribution in [0, 0.1) is 11.3 Å². The molecule has 0 spiro atoms. The molecule has 0 fully saturated rings. The van der Waals surface area contributed by atoms with Crippen LogP contribution >= 0.6 is 0 Å². The molecule has 5 nitrogen and oxygen atoms in total. The average Bonchev–Trinajstić information content (AvgIpc) is 3.15. The lowest BCUT2D eigenvalue weighted by Gasteiger charge is -1.98. The van der Waals surface area contributed by atoms with Crippen LogP contribution < -0.4 is 0 Å². The van der Waals surface area contributed by atoms with Crippen LogP contribution in [0.25, 0.3) is 17.4 Å². The zero-order chi connectivity index (χ0) is 17.5. The van der Waals surface area contributed by atoms with Gasteiger partial charge in [-0.2, -0.15) is 5.26 Å². The Hall–Kier alpha value is -3.65. The topological polar surface area (TPSA) is 76.1 Å². The zero-order valence-corrected chi connectivity index (χ0v) is 13.3. The normalized spacial score (nSPS) is 10.5. The maximum atomic E-state index is 11.8. The second-order valence-electron chi connectivity index (χ2n) is 5.16. The Bertz CT molecular complexity index is 920. The molecule has 0 aliphatic rings. The predicted octanol–water partition coefficient (Wildman–Crippen LogP) is 3.97. The van der Waals surface area contributed by atoms with E-state index in [9.17, 15) is 4.79 Å². The number of carbonyl (C=O) groups is 1. The van der Waals surface area contributed by atoms with E-state index in [-0.39, 0.29) is 6.61 Å². The van der Waals surface area contributed by atoms with Crippen molar-refractivity contribution in [3.8, 4) is 17.4 Å². The Morgan fingerprint density at radius 1 is 1.16 bits per heavy atom. The van der Waals surface area contributed by atoms with Crippen LogP contribution in [0.2, 0.25) is 0 Å². The molecule has 3 aromatic rings. The molecule has 2 aromatic carbocycles. The molecule has 0 atom stereocenters. The fraction of sp³-hybridized carbons (Fsp3) is 0.0500. The van der Waals surface area contributed by atoms with Crippen LogP contribution in [0.5, 0.6) is 0 Å². The van der Waals surface area contributed by atoms with E-state index in [1.807, 2.05) is 36.4 Å². The molecular weight excluding hydrogens is 316 g/mol. The molecule has 25 heavy (non-hydrogen) atoms. The van der Waals surface area contributed by atoms with Gasteiger partial charge in [0, 0.05) is 11.6 Å². The van der Waals surface area contributed by atoms with Gasteiger partial charge >= 0.3 is 5.97 Å². The molecule has 3 rings (SSSR count). The number of nitrogens with zero attached hydrogens (tertiary/aromatic N) is 2. The quantitative estimate of drug-likeness (QED) is 0.522. The van der Waals surface area contributed by atoms with Crippen molar-refractivity contribution in [1.82, 2.24) is 4.98 Å². The van der Waals surface area contributed by atoms with E-state index in [0.717, 1.165) is 11.1 Å². The molecule has 0 saturated heterocycles. The Labute approximate surface area is 144 Å². The van der Waals surface area contributed by atoms with Crippen molar-refractivity contribution in [3.05, 3.63) is 83.9 Å². The van der Waals surface area contributed by atoms with Gasteiger partial charge in [0.05, 0.1) is 17.8 Å². The maximum Gasteiger partial charge on any atom is 0.331 e. The molecule has 0 aliphatic heterocycles. The monoisotopic (exact) mass is 330 g/mol. The Kier molecular flexibility index (Phi) is 5.03. The highest BCUT2D eigenvalue weighted by Gasteiger charge is 2.07. The van der Waals surface area contributed by atoms with Gasteiger partial charge in [-0.1, -0.05) is 42.5 Å². The lowest BCUT2D eigenvalue weighted by molar-refractivity contribution is -0.139. The lowest BCUT2D eigenvalue weighted by Crippen LogP contribution is -2.00. The summed E-state index contributed by atoms with van der Waals surface area (Å²) in [6.45, 7) is -0.0383. The summed E-state index contributed by atoms with van der Waals surface area (Å²) in [7, 11) is 0. The molecule has 0 N–H and O–H groups in total. The second kappa shape index (κ2) is 7.75. The van der Waals surface area contributed by atoms with Crippen LogP contribution in [0.15, 0.2) is 71.3 Å². The van der Waals surface area contributed by atoms with Crippen LogP contribution in [0.3, 0.4) is 0 Å². The van der Waals surface area contributed by atoms with E-state index >= 15 is 0 Å². The summed E-state index contributed by atoms with van der Waals surface area (Å²) in [5.41, 5.74) is 2.28. The van der Waals surface area contributed by atoms with Gasteiger partial charge in [-0.05, 0) is 23.8 Å². The number of oxazole rings is 1. The molecule has 0 unspecified atom stereocenters. The largest absolute Gasteiger partial charge is 0.453 e. The van der Waals surface area contributed by atoms with Crippen molar-refractivity contribution in [2.24, 2.45) is 0 Å². The molecule has 0 amide bonds. The summed E-state index contributed by atoms with van der Waals surface area (Å²) in [6, 6.07) is 18.5. The second-order valence-corrected chi connectivity index (χ2v) is 5.16. The van der Waals surface area contributed by atoms with Gasteiger partial charge in [0.2, 0.25) is 5.89 Å². The van der Waals surface area contributed by atoms with Gasteiger partial charge in [-0.3, -0.25) is 0 Å². The molecule has 0 aliphatic carbocycles. The number of aromatic nitrogens is 1. The smallest absolute Gasteiger partial charge is 0.331 e. The van der Waals surface area contributed by atoms with Crippen LogP contribution in [-0.2, 0) is 16.1 Å². The van der Waals surface area contributed by atoms with Crippen LogP contribution in [0.4, 0.5) is 0 Å². The maximum absolute atomic E-state index is 11.8. The molecule has 1 aromatic heterocycles. The number of carbonyl (C=O) groups excluding carboxylic acids is 1. The van der Waals surface area contributed by atoms with Crippen molar-refractivity contribution in [3.63, 3.8) is 0 Å². The van der Waals surface area contributed by atoms with E-state index in [1.165, 1.54) is 6.08 Å². The van der Waals surface area contributed by atoms with Gasteiger partial charge in [0.25, 0.3) is 0 Å². The first-order valence-electron chi connectivity index (χ1n) is 7.60. The van der Waals surface area contributed by atoms with Crippen molar-refractivity contribution >= 4 is 12.0 Å². The Morgan fingerprint density at radius 2 is 1.92 bits per heavy atom. The standard InChI is InChI=1S/C20H14N2O3/c21-12-16-8-6-15(7-9-16)10-11-20(23)24-14-19-22-13-18(25-19)17-4-2-1-3-5-17/h1-11,13H,14H2/b11-10+. The third-order valence-corrected chi connectivity index (χ3v) is 3.40. The zero-order valence-electron chi connectivity index (χ0n) is 13.3. The highest BCUT2D eigenvalue weighted by molar-refractivity contribution is 5.87. The van der Waals surface area contributed by atoms with Crippen LogP contribution in [0.1, 0.15) is 17.0 Å². The summed E-state index contributed by atoms with van der Waals surface area (Å²) in [5.74, 6) is 0.461. The predicted molar refractivity (Wildman–Crippen MR) is 91.9 cm³/mol. The first-order chi connectivity index (χ1) is 12.2. The number of ether oxygens (including phenoxy) is 1. The van der Waals surface area contributed by atoms with Crippen molar-refractivity contribution in [2.75, 3.05) is 0 Å². The molecule has 1 heterocycles. The lowest BCUT2D eigenvalue weighted by atomic mass is 10.1. The molecule has 0 saturated carbocycles. The summed E-state index contributed by atoms with van der Waals surface area (Å²) < 4.78 is 10.7. The van der Waals surface area contributed by atoms with Gasteiger partial charge in [0.1, 0.15) is 0 Å². The summed E-state index contributed by atoms with van der Waals surface area (Å²) in [5, 5.41) is 8.74. The minimum absolute atomic E-state index is 0.0383. The molecule has 0 radical (unpaired) electrons. The highest BCUT2D eigenvalue weighted by Crippen LogP contribution is 2.20. The third kappa shape index (κ3) is 4.43. The third-order valence-electron chi connectivity index (χ3n) is 3.40. The molecule has 5 heteroatoms. The van der Waals surface area contributed by atoms with Crippen molar-refractivity contribution in [1.29, 1.82) is 5.26 Å². The number of benzene rings is 2. The Balaban J connectivity index is 1.54. The van der Waals surface area contributed by atoms with Gasteiger partial charge in [-0.15, -0.1) is 0 Å². The van der Waals surface area contributed by atoms with Gasteiger partial charge in [-0.25, -0.2) is 9.78 Å². The number of esters is 1. The summed E-state index contributed by atoms with van der Waals surface area (Å²) in [4.78, 5) is 15.9. The van der Waals surface area contributed by atoms with Crippen molar-refractivity contribution in [2.45, 2.75) is 6.61 Å². The molecule has 122 valence electrons. The van der Waals surface area contributed by atoms with E-state index in [1.54, 1.807) is 36.5 Å². The van der Waals surface area contributed by atoms with Gasteiger partial charge in [0.15, 0.2) is 12.4 Å². The number of hydrogen-bond donors (Lipinski definition) is 0. The van der Waals surface area contributed by atoms with Crippen LogP contribution in [-0.4, -0.2) is 11.0 Å². The highest BCUT2D eigenvalue weighted by atomic mass is 16.5. The fourth-order valence-corrected chi connectivity index (χ4v) is 2.13. The number of nitriles is 1. The van der Waals surface area contributed by atoms with E-state index in [0.29, 0.717) is 17.2 Å². The minimum Gasteiger partial charge on any atom is -0.453 e. The number of hydrogen-bond acceptors (Lipinski definition) is 5. The number of rotatable bonds is 5. The Morgan fingerprint density at radius 3 is 2.64 bits per heavy atom. The molecular formula is C20H14N2O3. The van der Waals surface area contributed by atoms with E-state index in [2.05, 4.69) is 4.98 Å². The van der Waals surface area contributed by atoms with Crippen molar-refractivity contribution < 1.29 is 13.9 Å².